The molecule has 2 rings (SSSR count). The molecule has 0 unspecified atom stereocenters. The molecule has 0 amide bonds. The van der Waals surface area contributed by atoms with E-state index >= 15 is 0 Å². The molecule has 0 aliphatic carbocycles. The van der Waals surface area contributed by atoms with E-state index in [1.54, 1.807) is 11.8 Å². The molecule has 1 aromatic carbocycles. The van der Waals surface area contributed by atoms with Crippen molar-refractivity contribution in [1.29, 1.82) is 0 Å². The van der Waals surface area contributed by atoms with Crippen molar-refractivity contribution in [1.82, 2.24) is 14.5 Å². The lowest BCUT2D eigenvalue weighted by Crippen LogP contribution is -2.34. The molecule has 0 atom stereocenters. The third kappa shape index (κ3) is 3.78. The first-order valence-corrected chi connectivity index (χ1v) is 8.17. The number of imidazole rings is 1. The van der Waals surface area contributed by atoms with E-state index in [1.165, 1.54) is 5.52 Å². The first-order chi connectivity index (χ1) is 9.95. The standard InChI is InChI=1S/C16H25N3OS/c1-6-20-12-11-19-14-10-8-7-9-13(14)17-15(19)21-16(2,3)18(4)5/h7-10H,6,11-12H2,1-5H3. The molecule has 21 heavy (non-hydrogen) atoms. The van der Waals surface area contributed by atoms with Gasteiger partial charge in [-0.3, -0.25) is 4.90 Å². The summed E-state index contributed by atoms with van der Waals surface area (Å²) >= 11 is 1.79. The molecule has 0 saturated heterocycles. The van der Waals surface area contributed by atoms with Gasteiger partial charge < -0.3 is 9.30 Å². The predicted molar refractivity (Wildman–Crippen MR) is 89.8 cm³/mol. The van der Waals surface area contributed by atoms with Crippen LogP contribution in [0.5, 0.6) is 0 Å². The zero-order chi connectivity index (χ0) is 15.5. The summed E-state index contributed by atoms with van der Waals surface area (Å²) in [5.41, 5.74) is 2.22. The van der Waals surface area contributed by atoms with Gasteiger partial charge in [0, 0.05) is 13.2 Å². The maximum absolute atomic E-state index is 5.52. The normalized spacial score (nSPS) is 12.5. The molecule has 0 saturated carbocycles. The van der Waals surface area contributed by atoms with Gasteiger partial charge in [0.1, 0.15) is 0 Å². The Bertz CT molecular complexity index is 592. The average molecular weight is 307 g/mol. The number of aromatic nitrogens is 2. The molecular weight excluding hydrogens is 282 g/mol. The molecular formula is C16H25N3OS. The van der Waals surface area contributed by atoms with Crippen LogP contribution in [0.25, 0.3) is 11.0 Å². The van der Waals surface area contributed by atoms with Gasteiger partial charge in [-0.1, -0.05) is 23.9 Å². The zero-order valence-corrected chi connectivity index (χ0v) is 14.4. The number of rotatable bonds is 7. The summed E-state index contributed by atoms with van der Waals surface area (Å²) in [5.74, 6) is 0. The highest BCUT2D eigenvalue weighted by Gasteiger charge is 2.25. The molecule has 116 valence electrons. The summed E-state index contributed by atoms with van der Waals surface area (Å²) in [5, 5.41) is 1.05. The van der Waals surface area contributed by atoms with Crippen molar-refractivity contribution in [2.75, 3.05) is 27.3 Å². The fraction of sp³-hybridized carbons (Fsp3) is 0.562. The van der Waals surface area contributed by atoms with Gasteiger partial charge in [-0.2, -0.15) is 0 Å². The monoisotopic (exact) mass is 307 g/mol. The van der Waals surface area contributed by atoms with Crippen molar-refractivity contribution < 1.29 is 4.74 Å². The highest BCUT2D eigenvalue weighted by molar-refractivity contribution is 8.00. The number of hydrogen-bond donors (Lipinski definition) is 0. The molecule has 0 N–H and O–H groups in total. The molecule has 0 radical (unpaired) electrons. The Morgan fingerprint density at radius 1 is 1.29 bits per heavy atom. The van der Waals surface area contributed by atoms with Gasteiger partial charge in [0.05, 0.1) is 22.5 Å². The Hall–Kier alpha value is -1.04. The second kappa shape index (κ2) is 6.81. The smallest absolute Gasteiger partial charge is 0.170 e. The second-order valence-corrected chi connectivity index (χ2v) is 7.24. The van der Waals surface area contributed by atoms with E-state index in [1.807, 2.05) is 13.0 Å². The first-order valence-electron chi connectivity index (χ1n) is 7.35. The van der Waals surface area contributed by atoms with E-state index in [4.69, 9.17) is 9.72 Å². The van der Waals surface area contributed by atoms with Crippen molar-refractivity contribution in [3.8, 4) is 0 Å². The zero-order valence-electron chi connectivity index (χ0n) is 13.6. The van der Waals surface area contributed by atoms with Crippen molar-refractivity contribution in [3.63, 3.8) is 0 Å². The lowest BCUT2D eigenvalue weighted by atomic mass is 10.3. The van der Waals surface area contributed by atoms with Crippen LogP contribution in [0, 0.1) is 0 Å². The predicted octanol–water partition coefficient (Wildman–Crippen LogP) is 3.46. The average Bonchev–Trinajstić information content (AvgIpc) is 2.76. The van der Waals surface area contributed by atoms with Crippen LogP contribution < -0.4 is 0 Å². The van der Waals surface area contributed by atoms with E-state index in [0.29, 0.717) is 6.61 Å². The number of benzene rings is 1. The summed E-state index contributed by atoms with van der Waals surface area (Å²) < 4.78 is 7.78. The van der Waals surface area contributed by atoms with Gasteiger partial charge >= 0.3 is 0 Å². The minimum absolute atomic E-state index is 0.00919. The minimum atomic E-state index is -0.00919. The van der Waals surface area contributed by atoms with Crippen LogP contribution >= 0.6 is 11.8 Å². The first kappa shape index (κ1) is 16.3. The highest BCUT2D eigenvalue weighted by Crippen LogP contribution is 2.35. The van der Waals surface area contributed by atoms with Crippen LogP contribution in [0.2, 0.25) is 0 Å². The lowest BCUT2D eigenvalue weighted by molar-refractivity contribution is 0.138. The van der Waals surface area contributed by atoms with Crippen LogP contribution in [0.1, 0.15) is 20.8 Å². The molecule has 5 heteroatoms. The summed E-state index contributed by atoms with van der Waals surface area (Å²) in [7, 11) is 4.19. The van der Waals surface area contributed by atoms with E-state index < -0.39 is 0 Å². The maximum Gasteiger partial charge on any atom is 0.170 e. The number of hydrogen-bond acceptors (Lipinski definition) is 4. The van der Waals surface area contributed by atoms with Crippen LogP contribution in [0.4, 0.5) is 0 Å². The van der Waals surface area contributed by atoms with Crippen LogP contribution in [0.3, 0.4) is 0 Å². The van der Waals surface area contributed by atoms with Gasteiger partial charge in [-0.25, -0.2) is 4.98 Å². The van der Waals surface area contributed by atoms with Gasteiger partial charge in [0.25, 0.3) is 0 Å². The topological polar surface area (TPSA) is 30.3 Å². The molecule has 0 bridgehead atoms. The third-order valence-electron chi connectivity index (χ3n) is 3.70. The van der Waals surface area contributed by atoms with Gasteiger partial charge in [-0.15, -0.1) is 0 Å². The Labute approximate surface area is 131 Å². The quantitative estimate of drug-likeness (QED) is 0.445. The van der Waals surface area contributed by atoms with E-state index in [0.717, 1.165) is 23.8 Å². The molecule has 4 nitrogen and oxygen atoms in total. The molecule has 0 spiro atoms. The Morgan fingerprint density at radius 2 is 2.00 bits per heavy atom. The summed E-state index contributed by atoms with van der Waals surface area (Å²) in [6.07, 6.45) is 0. The fourth-order valence-electron chi connectivity index (χ4n) is 1.96. The van der Waals surface area contributed by atoms with Gasteiger partial charge in [0.2, 0.25) is 0 Å². The summed E-state index contributed by atoms with van der Waals surface area (Å²) in [6, 6.07) is 8.29. The van der Waals surface area contributed by atoms with Crippen LogP contribution in [0.15, 0.2) is 29.4 Å². The molecule has 0 fully saturated rings. The SMILES string of the molecule is CCOCCn1c(SC(C)(C)N(C)C)nc2ccccc21. The van der Waals surface area contributed by atoms with E-state index in [2.05, 4.69) is 55.6 Å². The highest BCUT2D eigenvalue weighted by atomic mass is 32.2. The summed E-state index contributed by atoms with van der Waals surface area (Å²) in [6.45, 7) is 8.75. The molecule has 2 aromatic rings. The van der Waals surface area contributed by atoms with Gasteiger partial charge in [-0.05, 0) is 47.0 Å². The third-order valence-corrected chi connectivity index (χ3v) is 5.06. The van der Waals surface area contributed by atoms with Crippen LogP contribution in [-0.4, -0.2) is 46.6 Å². The second-order valence-electron chi connectivity index (χ2n) is 5.67. The molecule has 1 heterocycles. The van der Waals surface area contributed by atoms with Crippen LogP contribution in [-0.2, 0) is 11.3 Å². The molecule has 1 aromatic heterocycles. The van der Waals surface area contributed by atoms with Gasteiger partial charge in [0.15, 0.2) is 5.16 Å². The Balaban J connectivity index is 2.34. The fourth-order valence-corrected chi connectivity index (χ4v) is 3.04. The largest absolute Gasteiger partial charge is 0.380 e. The number of fused-ring (bicyclic) bond motifs is 1. The number of ether oxygens (including phenoxy) is 1. The minimum Gasteiger partial charge on any atom is -0.380 e. The summed E-state index contributed by atoms with van der Waals surface area (Å²) in [4.78, 5) is 7.01. The Kier molecular flexibility index (Phi) is 5.30. The van der Waals surface area contributed by atoms with Crippen molar-refractivity contribution in [3.05, 3.63) is 24.3 Å². The van der Waals surface area contributed by atoms with E-state index in [-0.39, 0.29) is 4.87 Å². The number of para-hydroxylation sites is 2. The van der Waals surface area contributed by atoms with E-state index in [9.17, 15) is 0 Å². The lowest BCUT2D eigenvalue weighted by Gasteiger charge is -2.31. The Morgan fingerprint density at radius 3 is 2.67 bits per heavy atom. The number of nitrogens with zero attached hydrogens (tertiary/aromatic N) is 3. The van der Waals surface area contributed by atoms with Crippen molar-refractivity contribution in [2.24, 2.45) is 0 Å². The van der Waals surface area contributed by atoms with Crippen molar-refractivity contribution >= 4 is 22.8 Å². The molecule has 0 aliphatic rings. The maximum atomic E-state index is 5.52. The van der Waals surface area contributed by atoms with Crippen molar-refractivity contribution in [2.45, 2.75) is 37.3 Å². The molecule has 0 aliphatic heterocycles. The number of thioether (sulfide) groups is 1.